The van der Waals surface area contributed by atoms with Gasteiger partial charge in [-0.05, 0) is 81.6 Å². The lowest BCUT2D eigenvalue weighted by Crippen LogP contribution is -2.51. The Labute approximate surface area is 328 Å². The molecule has 0 saturated heterocycles. The van der Waals surface area contributed by atoms with Gasteiger partial charge in [0, 0.05) is 55.3 Å². The minimum atomic E-state index is -3.91. The molecule has 0 aliphatic rings. The van der Waals surface area contributed by atoms with E-state index >= 15 is 0 Å². The van der Waals surface area contributed by atoms with E-state index in [9.17, 15) is 57.5 Å². The van der Waals surface area contributed by atoms with Gasteiger partial charge in [-0.15, -0.1) is 0 Å². The number of Topliss-reactive ketones (excluding diaryl/α,β-unsaturated/α-hetero) is 12. The molecule has 0 aromatic heterocycles. The summed E-state index contributed by atoms with van der Waals surface area (Å²) in [6.07, 6.45) is -5.16. The average molecular weight is 793 g/mol. The third kappa shape index (κ3) is 25.3. The Morgan fingerprint density at radius 3 is 0.709 bits per heavy atom. The fourth-order valence-corrected chi connectivity index (χ4v) is 8.06. The van der Waals surface area contributed by atoms with Crippen molar-refractivity contribution in [1.29, 1.82) is 0 Å². The molecule has 0 aromatic rings. The molecule has 15 nitrogen and oxygen atoms in total. The highest BCUT2D eigenvalue weighted by Gasteiger charge is 2.50. The van der Waals surface area contributed by atoms with Gasteiger partial charge < -0.3 is 11.4 Å². The number of rotatable bonds is 33. The minimum Gasteiger partial charge on any atom is -0.449 e. The van der Waals surface area contributed by atoms with Gasteiger partial charge in [0.2, 0.25) is 0 Å². The molecular weight excluding hydrogens is 735 g/mol. The highest BCUT2D eigenvalue weighted by atomic mass is 27.3. The maximum Gasteiger partial charge on any atom is 0.906 e. The van der Waals surface area contributed by atoms with Crippen molar-refractivity contribution in [3.8, 4) is 0 Å². The molecule has 16 heteroatoms. The third-order valence-electron chi connectivity index (χ3n) is 8.33. The van der Waals surface area contributed by atoms with E-state index in [1.807, 2.05) is 0 Å². The Hall–Kier alpha value is -3.55. The van der Waals surface area contributed by atoms with Gasteiger partial charge in [0.1, 0.15) is 69.4 Å². The van der Waals surface area contributed by atoms with Gasteiger partial charge in [-0.1, -0.05) is 0 Å². The molecule has 0 aliphatic carbocycles. The maximum atomic E-state index is 13.1. The number of ketones is 12. The van der Waals surface area contributed by atoms with E-state index in [1.165, 1.54) is 62.3 Å². The van der Waals surface area contributed by atoms with Crippen LogP contribution < -0.4 is 0 Å². The maximum absolute atomic E-state index is 13.1. The fraction of sp³-hybridized carbons (Fsp3) is 0.692. The van der Waals surface area contributed by atoms with Crippen LogP contribution in [0.1, 0.15) is 159 Å². The Balaban J connectivity index is 7.37. The van der Waals surface area contributed by atoms with Gasteiger partial charge >= 0.3 is 15.1 Å². The van der Waals surface area contributed by atoms with Crippen molar-refractivity contribution in [3.05, 3.63) is 0 Å². The zero-order valence-electron chi connectivity index (χ0n) is 33.8. The molecule has 3 atom stereocenters. The first-order valence-corrected chi connectivity index (χ1v) is 19.7. The van der Waals surface area contributed by atoms with Crippen LogP contribution in [0, 0.1) is 0 Å². The normalized spacial score (nSPS) is 14.3. The van der Waals surface area contributed by atoms with E-state index in [0.717, 1.165) is 0 Å². The summed E-state index contributed by atoms with van der Waals surface area (Å²) in [6, 6.07) is 0. The summed E-state index contributed by atoms with van der Waals surface area (Å²) in [5, 5.41) is 0. The molecule has 3 unspecified atom stereocenters. The summed E-state index contributed by atoms with van der Waals surface area (Å²) in [7, 11) is 0. The third-order valence-corrected chi connectivity index (χ3v) is 10.6. The van der Waals surface area contributed by atoms with E-state index < -0.39 is 140 Å². The Kier molecular flexibility index (Phi) is 22.6. The van der Waals surface area contributed by atoms with Gasteiger partial charge in [0.15, 0.2) is 0 Å². The van der Waals surface area contributed by atoms with Crippen LogP contribution in [0.15, 0.2) is 0 Å². The van der Waals surface area contributed by atoms with Gasteiger partial charge in [-0.25, -0.2) is 0 Å². The average Bonchev–Trinajstić information content (AvgIpc) is 2.95. The van der Waals surface area contributed by atoms with Gasteiger partial charge in [0.05, 0.1) is 38.5 Å². The molecule has 0 spiro atoms. The van der Waals surface area contributed by atoms with Crippen LogP contribution >= 0.6 is 0 Å². The molecule has 0 saturated carbocycles. The first-order chi connectivity index (χ1) is 25.1. The highest BCUT2D eigenvalue weighted by molar-refractivity contribution is 6.37. The molecule has 306 valence electrons. The summed E-state index contributed by atoms with van der Waals surface area (Å²) >= 11 is -3.91. The van der Waals surface area contributed by atoms with E-state index in [-0.39, 0.29) is 57.8 Å². The van der Waals surface area contributed by atoms with Crippen LogP contribution in [0.3, 0.4) is 0 Å². The molecule has 0 aliphatic heterocycles. The molecular formula is C39H57AlO15. The lowest BCUT2D eigenvalue weighted by Gasteiger charge is -2.40. The van der Waals surface area contributed by atoms with Gasteiger partial charge in [-0.2, -0.15) is 0 Å². The van der Waals surface area contributed by atoms with Crippen molar-refractivity contribution < 1.29 is 68.9 Å². The lowest BCUT2D eigenvalue weighted by molar-refractivity contribution is -0.139. The molecule has 55 heavy (non-hydrogen) atoms. The van der Waals surface area contributed by atoms with E-state index in [0.29, 0.717) is 0 Å². The lowest BCUT2D eigenvalue weighted by atomic mass is 9.91. The van der Waals surface area contributed by atoms with Crippen molar-refractivity contribution in [1.82, 2.24) is 0 Å². The van der Waals surface area contributed by atoms with Crippen molar-refractivity contribution in [3.63, 3.8) is 0 Å². The van der Waals surface area contributed by atoms with E-state index in [2.05, 4.69) is 0 Å². The quantitative estimate of drug-likeness (QED) is 0.0672. The van der Waals surface area contributed by atoms with Crippen molar-refractivity contribution in [2.75, 3.05) is 0 Å². The summed E-state index contributed by atoms with van der Waals surface area (Å²) in [5.74, 6) is -5.60. The summed E-state index contributed by atoms with van der Waals surface area (Å²) in [5.41, 5.74) is -4.84. The minimum absolute atomic E-state index is 0.173. The smallest absolute Gasteiger partial charge is 0.449 e. The van der Waals surface area contributed by atoms with Crippen LogP contribution in [0.4, 0.5) is 0 Å². The molecule has 0 rings (SSSR count). The predicted octanol–water partition coefficient (Wildman–Crippen LogP) is 4.10. The zero-order valence-corrected chi connectivity index (χ0v) is 35.0. The van der Waals surface area contributed by atoms with Crippen LogP contribution in [0.5, 0.6) is 0 Å². The number of carbonyl (C=O) groups excluding carboxylic acids is 12. The number of carbonyl (C=O) groups is 12. The van der Waals surface area contributed by atoms with Gasteiger partial charge in [-0.3, -0.25) is 57.5 Å². The SMILES string of the molecule is CC(=O)CC(=O)CCC(C)(CC(=O)CC(C)=O)[O][Al]([O]C(C)(CCC(=O)CC(C)=O)CC(=O)CC(C)=O)[O]C(C)(CCC(=O)CC(C)=O)CC(=O)CC(C)=O. The molecule has 0 N–H and O–H groups in total. The number of hydrogen-bond acceptors (Lipinski definition) is 15. The second-order valence-electron chi connectivity index (χ2n) is 15.5. The van der Waals surface area contributed by atoms with Crippen LogP contribution in [0.2, 0.25) is 0 Å². The summed E-state index contributed by atoms with van der Waals surface area (Å²) in [4.78, 5) is 148. The fourth-order valence-electron chi connectivity index (χ4n) is 5.92. The summed E-state index contributed by atoms with van der Waals surface area (Å²) in [6.45, 7) is 11.7. The summed E-state index contributed by atoms with van der Waals surface area (Å²) < 4.78 is 19.5. The van der Waals surface area contributed by atoms with E-state index in [1.54, 1.807) is 0 Å². The molecule has 0 bridgehead atoms. The monoisotopic (exact) mass is 792 g/mol. The zero-order chi connectivity index (χ0) is 42.7. The molecule has 0 fully saturated rings. The molecule has 0 aromatic carbocycles. The largest absolute Gasteiger partial charge is 0.906 e. The first-order valence-electron chi connectivity index (χ1n) is 18.3. The molecule has 0 amide bonds. The van der Waals surface area contributed by atoms with Crippen LogP contribution in [0.25, 0.3) is 0 Å². The Bertz CT molecular complexity index is 1340. The van der Waals surface area contributed by atoms with Crippen molar-refractivity contribution in [2.24, 2.45) is 0 Å². The second kappa shape index (κ2) is 24.2. The van der Waals surface area contributed by atoms with Crippen molar-refractivity contribution >= 4 is 84.5 Å². The standard InChI is InChI=1S/3C13H19O5.Al/c3*1-9(14)6-11(16)4-5-13(3,18)8-12(17)7-10(2)15;/h3*4-8H2,1-3H3;/q3*-1;+3. The van der Waals surface area contributed by atoms with Crippen LogP contribution in [-0.4, -0.2) is 101 Å². The van der Waals surface area contributed by atoms with Crippen LogP contribution in [-0.2, 0) is 68.9 Å². The second-order valence-corrected chi connectivity index (χ2v) is 16.8. The first kappa shape index (κ1) is 51.5. The number of hydrogen-bond donors (Lipinski definition) is 0. The molecule has 0 heterocycles. The molecule has 0 radical (unpaired) electrons. The highest BCUT2D eigenvalue weighted by Crippen LogP contribution is 2.34. The predicted molar refractivity (Wildman–Crippen MR) is 198 cm³/mol. The Morgan fingerprint density at radius 1 is 0.345 bits per heavy atom. The van der Waals surface area contributed by atoms with E-state index in [4.69, 9.17) is 11.4 Å². The van der Waals surface area contributed by atoms with Crippen molar-refractivity contribution in [2.45, 2.75) is 175 Å². The topological polar surface area (TPSA) is 233 Å². The van der Waals surface area contributed by atoms with Gasteiger partial charge in [0.25, 0.3) is 0 Å². The Morgan fingerprint density at radius 2 is 0.527 bits per heavy atom.